The normalized spacial score (nSPS) is 22.6. The summed E-state index contributed by atoms with van der Waals surface area (Å²) in [7, 11) is 1.51. The van der Waals surface area contributed by atoms with Crippen LogP contribution in [-0.2, 0) is 19.8 Å². The van der Waals surface area contributed by atoms with Crippen LogP contribution in [0.2, 0.25) is 0 Å². The first-order chi connectivity index (χ1) is 14.4. The summed E-state index contributed by atoms with van der Waals surface area (Å²) >= 11 is 0. The first-order valence-corrected chi connectivity index (χ1v) is 10.7. The Morgan fingerprint density at radius 1 is 0.967 bits per heavy atom. The summed E-state index contributed by atoms with van der Waals surface area (Å²) in [5.41, 5.74) is 1.75. The fraction of sp³-hybridized carbons (Fsp3) is 0.400. The zero-order valence-corrected chi connectivity index (χ0v) is 17.6. The molecule has 2 aliphatic rings. The number of piperidine rings is 1. The maximum Gasteiger partial charge on any atom is 0.240 e. The molecule has 0 aliphatic carbocycles. The number of rotatable bonds is 4. The fourth-order valence-electron chi connectivity index (χ4n) is 4.59. The van der Waals surface area contributed by atoms with Crippen LogP contribution in [0, 0.1) is 5.92 Å². The number of carbonyl (C=O) groups excluding carboxylic acids is 3. The fourth-order valence-corrected chi connectivity index (χ4v) is 4.59. The molecule has 0 aromatic heterocycles. The number of imide groups is 1. The van der Waals surface area contributed by atoms with Gasteiger partial charge < -0.3 is 4.90 Å². The molecule has 0 radical (unpaired) electrons. The van der Waals surface area contributed by atoms with E-state index in [0.29, 0.717) is 5.92 Å². The van der Waals surface area contributed by atoms with Crippen LogP contribution in [0.3, 0.4) is 0 Å². The van der Waals surface area contributed by atoms with Crippen molar-refractivity contribution >= 4 is 17.7 Å². The molecule has 2 aromatic carbocycles. The van der Waals surface area contributed by atoms with E-state index in [1.54, 1.807) is 0 Å². The molecule has 2 aliphatic heterocycles. The van der Waals surface area contributed by atoms with Gasteiger partial charge in [-0.05, 0) is 35.4 Å². The maximum absolute atomic E-state index is 13.2. The first-order valence-electron chi connectivity index (χ1n) is 10.7. The summed E-state index contributed by atoms with van der Waals surface area (Å²) in [4.78, 5) is 41.8. The molecule has 0 spiro atoms. The third-order valence-corrected chi connectivity index (χ3v) is 6.68. The van der Waals surface area contributed by atoms with Crippen molar-refractivity contribution in [2.75, 3.05) is 20.1 Å². The third-order valence-electron chi connectivity index (χ3n) is 6.68. The summed E-state index contributed by atoms with van der Waals surface area (Å²) < 4.78 is 0. The lowest BCUT2D eigenvalue weighted by Gasteiger charge is -2.34. The van der Waals surface area contributed by atoms with E-state index < -0.39 is 5.41 Å². The van der Waals surface area contributed by atoms with Crippen molar-refractivity contribution in [2.45, 2.75) is 38.0 Å². The molecule has 2 heterocycles. The van der Waals surface area contributed by atoms with E-state index in [9.17, 15) is 14.4 Å². The quantitative estimate of drug-likeness (QED) is 0.731. The molecule has 3 amide bonds. The second-order valence-electron chi connectivity index (χ2n) is 8.70. The number of nitrogens with zero attached hydrogens (tertiary/aromatic N) is 2. The van der Waals surface area contributed by atoms with Crippen molar-refractivity contribution in [3.63, 3.8) is 0 Å². The molecule has 2 aromatic rings. The Balaban J connectivity index is 1.64. The van der Waals surface area contributed by atoms with Gasteiger partial charge in [0.15, 0.2) is 0 Å². The molecule has 1 atom stereocenters. The molecule has 2 fully saturated rings. The topological polar surface area (TPSA) is 57.7 Å². The first kappa shape index (κ1) is 20.3. The van der Waals surface area contributed by atoms with Crippen LogP contribution < -0.4 is 0 Å². The Labute approximate surface area is 177 Å². The van der Waals surface area contributed by atoms with Gasteiger partial charge in [0.05, 0.1) is 5.41 Å². The summed E-state index contributed by atoms with van der Waals surface area (Å²) in [6.07, 6.45) is 2.05. The Bertz CT molecular complexity index is 946. The number of carbonyl (C=O) groups is 3. The molecule has 5 nitrogen and oxygen atoms in total. The van der Waals surface area contributed by atoms with Gasteiger partial charge >= 0.3 is 0 Å². The van der Waals surface area contributed by atoms with Gasteiger partial charge in [0, 0.05) is 33.0 Å². The molecule has 2 saturated heterocycles. The lowest BCUT2D eigenvalue weighted by atomic mass is 9.75. The van der Waals surface area contributed by atoms with Gasteiger partial charge in [-0.3, -0.25) is 19.3 Å². The van der Waals surface area contributed by atoms with Crippen LogP contribution in [-0.4, -0.2) is 47.7 Å². The second-order valence-corrected chi connectivity index (χ2v) is 8.70. The predicted molar refractivity (Wildman–Crippen MR) is 116 cm³/mol. The van der Waals surface area contributed by atoms with Crippen molar-refractivity contribution in [3.8, 4) is 11.1 Å². The Morgan fingerprint density at radius 2 is 1.57 bits per heavy atom. The molecule has 0 saturated carbocycles. The standard InChI is InChI=1S/C25H28N2O3/c1-18-12-14-27(15-13-18)23(29)17-25(16-22(28)26(2)24(25)30)21-10-8-20(9-11-21)19-6-4-3-5-7-19/h3-11,18H,12-17H2,1-2H3/t25-/m1/s1. The summed E-state index contributed by atoms with van der Waals surface area (Å²) in [5, 5.41) is 0. The average molecular weight is 405 g/mol. The van der Waals surface area contributed by atoms with Crippen molar-refractivity contribution < 1.29 is 14.4 Å². The second kappa shape index (κ2) is 8.05. The Morgan fingerprint density at radius 3 is 2.13 bits per heavy atom. The number of amides is 3. The number of hydrogen-bond donors (Lipinski definition) is 0. The lowest BCUT2D eigenvalue weighted by molar-refractivity contribution is -0.142. The Kier molecular flexibility index (Phi) is 5.46. The zero-order valence-electron chi connectivity index (χ0n) is 17.6. The van der Waals surface area contributed by atoms with Gasteiger partial charge in [-0.1, -0.05) is 61.5 Å². The van der Waals surface area contributed by atoms with Gasteiger partial charge in [0.1, 0.15) is 0 Å². The summed E-state index contributed by atoms with van der Waals surface area (Å²) in [6, 6.07) is 17.7. The van der Waals surface area contributed by atoms with E-state index >= 15 is 0 Å². The van der Waals surface area contributed by atoms with Crippen LogP contribution in [0.1, 0.15) is 38.2 Å². The van der Waals surface area contributed by atoms with Gasteiger partial charge in [0.25, 0.3) is 0 Å². The summed E-state index contributed by atoms with van der Waals surface area (Å²) in [6.45, 7) is 3.65. The largest absolute Gasteiger partial charge is 0.343 e. The Hall–Kier alpha value is -2.95. The van der Waals surface area contributed by atoms with Crippen LogP contribution in [0.4, 0.5) is 0 Å². The molecule has 0 bridgehead atoms. The SMILES string of the molecule is CC1CCN(C(=O)C[C@@]2(c3ccc(-c4ccccc4)cc3)CC(=O)N(C)C2=O)CC1. The highest BCUT2D eigenvalue weighted by Gasteiger charge is 2.53. The molecular formula is C25H28N2O3. The van der Waals surface area contributed by atoms with E-state index in [4.69, 9.17) is 0 Å². The van der Waals surface area contributed by atoms with Crippen molar-refractivity contribution in [3.05, 3.63) is 60.2 Å². The van der Waals surface area contributed by atoms with E-state index in [1.165, 1.54) is 11.9 Å². The monoisotopic (exact) mass is 404 g/mol. The zero-order chi connectivity index (χ0) is 21.3. The average Bonchev–Trinajstić information content (AvgIpc) is 2.99. The number of likely N-dealkylation sites (N-methyl/N-ethyl adjacent to an activating group) is 1. The van der Waals surface area contributed by atoms with Crippen LogP contribution in [0.15, 0.2) is 54.6 Å². The maximum atomic E-state index is 13.2. The minimum atomic E-state index is -1.11. The van der Waals surface area contributed by atoms with E-state index in [1.807, 2.05) is 59.5 Å². The van der Waals surface area contributed by atoms with Crippen LogP contribution >= 0.6 is 0 Å². The molecule has 0 N–H and O–H groups in total. The highest BCUT2D eigenvalue weighted by molar-refractivity contribution is 6.10. The highest BCUT2D eigenvalue weighted by atomic mass is 16.2. The van der Waals surface area contributed by atoms with Crippen molar-refractivity contribution in [2.24, 2.45) is 5.92 Å². The molecule has 4 rings (SSSR count). The molecule has 0 unspecified atom stereocenters. The van der Waals surface area contributed by atoms with Gasteiger partial charge in [-0.2, -0.15) is 0 Å². The van der Waals surface area contributed by atoms with Crippen LogP contribution in [0.5, 0.6) is 0 Å². The number of hydrogen-bond acceptors (Lipinski definition) is 3. The number of benzene rings is 2. The van der Waals surface area contributed by atoms with E-state index in [2.05, 4.69) is 6.92 Å². The van der Waals surface area contributed by atoms with Crippen molar-refractivity contribution in [1.29, 1.82) is 0 Å². The molecule has 5 heteroatoms. The number of likely N-dealkylation sites (tertiary alicyclic amines) is 2. The molecular weight excluding hydrogens is 376 g/mol. The van der Waals surface area contributed by atoms with Crippen LogP contribution in [0.25, 0.3) is 11.1 Å². The lowest BCUT2D eigenvalue weighted by Crippen LogP contribution is -2.44. The minimum absolute atomic E-state index is 0.0366. The van der Waals surface area contributed by atoms with E-state index in [-0.39, 0.29) is 30.6 Å². The van der Waals surface area contributed by atoms with Gasteiger partial charge in [-0.25, -0.2) is 0 Å². The molecule has 30 heavy (non-hydrogen) atoms. The predicted octanol–water partition coefficient (Wildman–Crippen LogP) is 3.63. The van der Waals surface area contributed by atoms with E-state index in [0.717, 1.165) is 42.6 Å². The van der Waals surface area contributed by atoms with Crippen molar-refractivity contribution in [1.82, 2.24) is 9.80 Å². The highest BCUT2D eigenvalue weighted by Crippen LogP contribution is 2.40. The molecule has 156 valence electrons. The minimum Gasteiger partial charge on any atom is -0.343 e. The smallest absolute Gasteiger partial charge is 0.240 e. The van der Waals surface area contributed by atoms with Gasteiger partial charge in [0.2, 0.25) is 17.7 Å². The van der Waals surface area contributed by atoms with Gasteiger partial charge in [-0.15, -0.1) is 0 Å². The summed E-state index contributed by atoms with van der Waals surface area (Å²) in [5.74, 6) is 0.0748. The third kappa shape index (κ3) is 3.64.